The van der Waals surface area contributed by atoms with Crippen molar-refractivity contribution in [2.24, 2.45) is 0 Å². The molecule has 0 N–H and O–H groups in total. The lowest BCUT2D eigenvalue weighted by Gasteiger charge is -2.24. The van der Waals surface area contributed by atoms with Gasteiger partial charge in [-0.1, -0.05) is 18.2 Å². The zero-order valence-corrected chi connectivity index (χ0v) is 15.7. The molecular weight excluding hydrogens is 334 g/mol. The SMILES string of the molecule is CS[C@@H]1CC[C@@H](N(C)C(=O)CCCc2nnc(-c3ccccc3)o2)C1. The summed E-state index contributed by atoms with van der Waals surface area (Å²) in [5.41, 5.74) is 0.918. The number of aryl methyl sites for hydroxylation is 1. The van der Waals surface area contributed by atoms with E-state index in [0.717, 1.165) is 24.8 Å². The first-order valence-electron chi connectivity index (χ1n) is 8.83. The predicted molar refractivity (Wildman–Crippen MR) is 100 cm³/mol. The highest BCUT2D eigenvalue weighted by atomic mass is 32.2. The molecule has 1 aromatic heterocycles. The summed E-state index contributed by atoms with van der Waals surface area (Å²) in [6, 6.07) is 10.1. The lowest BCUT2D eigenvalue weighted by atomic mass is 10.1. The van der Waals surface area contributed by atoms with Crippen LogP contribution in [0.5, 0.6) is 0 Å². The Kier molecular flexibility index (Phi) is 6.13. The molecule has 0 radical (unpaired) electrons. The van der Waals surface area contributed by atoms with Gasteiger partial charge in [0.1, 0.15) is 0 Å². The molecule has 1 saturated carbocycles. The standard InChI is InChI=1S/C19H25N3O2S/c1-22(15-11-12-16(13-15)25-2)18(23)10-6-9-17-20-21-19(24-17)14-7-4-3-5-8-14/h3-5,7-8,15-16H,6,9-13H2,1-2H3/t15-,16-/m1/s1. The van der Waals surface area contributed by atoms with Crippen LogP contribution < -0.4 is 0 Å². The van der Waals surface area contributed by atoms with Gasteiger partial charge in [0.15, 0.2) is 0 Å². The van der Waals surface area contributed by atoms with E-state index in [1.54, 1.807) is 0 Å². The van der Waals surface area contributed by atoms with E-state index in [2.05, 4.69) is 16.5 Å². The summed E-state index contributed by atoms with van der Waals surface area (Å²) in [5, 5.41) is 8.88. The number of carbonyl (C=O) groups excluding carboxylic acids is 1. The number of amides is 1. The third-order valence-corrected chi connectivity index (χ3v) is 5.99. The van der Waals surface area contributed by atoms with Crippen molar-refractivity contribution in [3.05, 3.63) is 36.2 Å². The van der Waals surface area contributed by atoms with E-state index in [0.29, 0.717) is 35.9 Å². The zero-order chi connectivity index (χ0) is 17.6. The van der Waals surface area contributed by atoms with Gasteiger partial charge in [-0.25, -0.2) is 0 Å². The Bertz CT molecular complexity index is 689. The van der Waals surface area contributed by atoms with Gasteiger partial charge in [0, 0.05) is 36.7 Å². The summed E-state index contributed by atoms with van der Waals surface area (Å²) in [6.07, 6.45) is 7.51. The average molecular weight is 359 g/mol. The molecular formula is C19H25N3O2S. The van der Waals surface area contributed by atoms with Gasteiger partial charge in [-0.2, -0.15) is 11.8 Å². The van der Waals surface area contributed by atoms with Crippen LogP contribution in [-0.2, 0) is 11.2 Å². The van der Waals surface area contributed by atoms with Gasteiger partial charge in [0.2, 0.25) is 17.7 Å². The number of benzene rings is 1. The molecule has 0 unspecified atom stereocenters. The third-order valence-electron chi connectivity index (χ3n) is 4.90. The van der Waals surface area contributed by atoms with Crippen molar-refractivity contribution in [2.45, 2.75) is 49.8 Å². The number of carbonyl (C=O) groups is 1. The Hall–Kier alpha value is -1.82. The van der Waals surface area contributed by atoms with Crippen LogP contribution in [0.2, 0.25) is 0 Å². The Morgan fingerprint density at radius 3 is 2.80 bits per heavy atom. The molecule has 1 amide bonds. The third kappa shape index (κ3) is 4.63. The Morgan fingerprint density at radius 1 is 1.28 bits per heavy atom. The average Bonchev–Trinajstić information content (AvgIpc) is 3.31. The molecule has 2 atom stereocenters. The van der Waals surface area contributed by atoms with Gasteiger partial charge in [-0.3, -0.25) is 4.79 Å². The molecule has 5 nitrogen and oxygen atoms in total. The summed E-state index contributed by atoms with van der Waals surface area (Å²) in [6.45, 7) is 0. The second-order valence-electron chi connectivity index (χ2n) is 6.55. The van der Waals surface area contributed by atoms with Gasteiger partial charge in [0.05, 0.1) is 0 Å². The molecule has 1 aliphatic carbocycles. The van der Waals surface area contributed by atoms with Crippen LogP contribution in [-0.4, -0.2) is 45.6 Å². The fraction of sp³-hybridized carbons (Fsp3) is 0.526. The normalized spacial score (nSPS) is 19.9. The van der Waals surface area contributed by atoms with Crippen LogP contribution in [0.1, 0.15) is 38.0 Å². The molecule has 1 aromatic carbocycles. The largest absolute Gasteiger partial charge is 0.421 e. The van der Waals surface area contributed by atoms with Crippen molar-refractivity contribution in [1.29, 1.82) is 0 Å². The quantitative estimate of drug-likeness (QED) is 0.752. The molecule has 134 valence electrons. The lowest BCUT2D eigenvalue weighted by Crippen LogP contribution is -2.35. The smallest absolute Gasteiger partial charge is 0.247 e. The van der Waals surface area contributed by atoms with Gasteiger partial charge >= 0.3 is 0 Å². The molecule has 0 spiro atoms. The van der Waals surface area contributed by atoms with E-state index in [-0.39, 0.29) is 5.91 Å². The monoisotopic (exact) mass is 359 g/mol. The van der Waals surface area contributed by atoms with Crippen molar-refractivity contribution in [3.8, 4) is 11.5 Å². The predicted octanol–water partition coefficient (Wildman–Crippen LogP) is 3.80. The highest BCUT2D eigenvalue weighted by Crippen LogP contribution is 2.31. The van der Waals surface area contributed by atoms with Gasteiger partial charge in [-0.05, 0) is 44.1 Å². The first kappa shape index (κ1) is 18.0. The molecule has 1 heterocycles. The van der Waals surface area contributed by atoms with Crippen LogP contribution in [0.15, 0.2) is 34.7 Å². The molecule has 1 fully saturated rings. The van der Waals surface area contributed by atoms with E-state index >= 15 is 0 Å². The summed E-state index contributed by atoms with van der Waals surface area (Å²) in [5.74, 6) is 1.35. The topological polar surface area (TPSA) is 59.2 Å². The lowest BCUT2D eigenvalue weighted by molar-refractivity contribution is -0.131. The van der Waals surface area contributed by atoms with Crippen LogP contribution in [0.3, 0.4) is 0 Å². The molecule has 2 aromatic rings. The number of aromatic nitrogens is 2. The van der Waals surface area contributed by atoms with Crippen LogP contribution >= 0.6 is 11.8 Å². The van der Waals surface area contributed by atoms with E-state index in [9.17, 15) is 4.79 Å². The molecule has 25 heavy (non-hydrogen) atoms. The van der Waals surface area contributed by atoms with Crippen molar-refractivity contribution < 1.29 is 9.21 Å². The second kappa shape index (κ2) is 8.52. The highest BCUT2D eigenvalue weighted by molar-refractivity contribution is 7.99. The Morgan fingerprint density at radius 2 is 2.08 bits per heavy atom. The van der Waals surface area contributed by atoms with E-state index in [1.807, 2.05) is 54.0 Å². The molecule has 0 bridgehead atoms. The summed E-state index contributed by atoms with van der Waals surface area (Å²) in [7, 11) is 1.94. The molecule has 3 rings (SSSR count). The maximum atomic E-state index is 12.4. The number of hydrogen-bond donors (Lipinski definition) is 0. The summed E-state index contributed by atoms with van der Waals surface area (Å²) in [4.78, 5) is 14.3. The molecule has 6 heteroatoms. The zero-order valence-electron chi connectivity index (χ0n) is 14.9. The molecule has 1 aliphatic rings. The summed E-state index contributed by atoms with van der Waals surface area (Å²) < 4.78 is 5.69. The second-order valence-corrected chi connectivity index (χ2v) is 7.69. The minimum Gasteiger partial charge on any atom is -0.421 e. The van der Waals surface area contributed by atoms with Gasteiger partial charge in [-0.15, -0.1) is 10.2 Å². The fourth-order valence-electron chi connectivity index (χ4n) is 3.31. The van der Waals surface area contributed by atoms with Crippen LogP contribution in [0, 0.1) is 0 Å². The number of rotatable bonds is 7. The Balaban J connectivity index is 1.45. The molecule has 0 aliphatic heterocycles. The maximum absolute atomic E-state index is 12.4. The van der Waals surface area contributed by atoms with Crippen molar-refractivity contribution in [1.82, 2.24) is 15.1 Å². The highest BCUT2D eigenvalue weighted by Gasteiger charge is 2.29. The van der Waals surface area contributed by atoms with Crippen molar-refractivity contribution >= 4 is 17.7 Å². The van der Waals surface area contributed by atoms with Crippen LogP contribution in [0.4, 0.5) is 0 Å². The maximum Gasteiger partial charge on any atom is 0.247 e. The summed E-state index contributed by atoms with van der Waals surface area (Å²) >= 11 is 1.92. The number of nitrogens with zero attached hydrogens (tertiary/aromatic N) is 3. The van der Waals surface area contributed by atoms with Gasteiger partial charge in [0.25, 0.3) is 0 Å². The van der Waals surface area contributed by atoms with Crippen molar-refractivity contribution in [3.63, 3.8) is 0 Å². The molecule has 0 saturated heterocycles. The van der Waals surface area contributed by atoms with E-state index < -0.39 is 0 Å². The minimum absolute atomic E-state index is 0.217. The Labute approximate surface area is 153 Å². The van der Waals surface area contributed by atoms with E-state index in [4.69, 9.17) is 4.42 Å². The van der Waals surface area contributed by atoms with Gasteiger partial charge < -0.3 is 9.32 Å². The minimum atomic E-state index is 0.217. The van der Waals surface area contributed by atoms with Crippen LogP contribution in [0.25, 0.3) is 11.5 Å². The number of hydrogen-bond acceptors (Lipinski definition) is 5. The fourth-order valence-corrected chi connectivity index (χ4v) is 4.09. The van der Waals surface area contributed by atoms with E-state index in [1.165, 1.54) is 6.42 Å². The number of thioether (sulfide) groups is 1. The first-order chi connectivity index (χ1) is 12.2. The van der Waals surface area contributed by atoms with Crippen molar-refractivity contribution in [2.75, 3.05) is 13.3 Å². The first-order valence-corrected chi connectivity index (χ1v) is 10.1.